The van der Waals surface area contributed by atoms with E-state index in [-0.39, 0.29) is 11.1 Å². The van der Waals surface area contributed by atoms with Gasteiger partial charge < -0.3 is 0 Å². The van der Waals surface area contributed by atoms with Gasteiger partial charge in [0.2, 0.25) is 0 Å². The second-order valence-electron chi connectivity index (χ2n) is 9.08. The lowest BCUT2D eigenvalue weighted by Crippen LogP contribution is -2.45. The Morgan fingerprint density at radius 1 is 1.11 bits per heavy atom. The van der Waals surface area contributed by atoms with E-state index in [1.165, 1.54) is 56.1 Å². The van der Waals surface area contributed by atoms with Crippen LogP contribution in [0, 0.1) is 23.2 Å². The smallest absolute Gasteiger partial charge is 0.288 e. The first kappa shape index (κ1) is 18.8. The van der Waals surface area contributed by atoms with Crippen molar-refractivity contribution in [3.8, 4) is 0 Å². The molecule has 2 N–H and O–H groups in total. The zero-order valence-electron chi connectivity index (χ0n) is 15.3. The van der Waals surface area contributed by atoms with Crippen molar-refractivity contribution in [2.45, 2.75) is 64.0 Å². The molecule has 4 aliphatic rings. The summed E-state index contributed by atoms with van der Waals surface area (Å²) in [5.41, 5.74) is 1.04. The van der Waals surface area contributed by atoms with Gasteiger partial charge >= 0.3 is 6.18 Å². The summed E-state index contributed by atoms with van der Waals surface area (Å²) in [5.74, 6) is 1.61. The van der Waals surface area contributed by atoms with E-state index < -0.39 is 17.6 Å². The molecule has 4 fully saturated rings. The molecule has 4 saturated carbocycles. The highest BCUT2D eigenvalue weighted by Crippen LogP contribution is 2.61. The van der Waals surface area contributed by atoms with Gasteiger partial charge in [0.15, 0.2) is 0 Å². The lowest BCUT2D eigenvalue weighted by atomic mass is 9.48. The van der Waals surface area contributed by atoms with Crippen LogP contribution < -0.4 is 5.48 Å². The van der Waals surface area contributed by atoms with Gasteiger partial charge in [0, 0.05) is 5.56 Å². The number of alkyl halides is 3. The third kappa shape index (κ3) is 3.73. The molecule has 148 valence electrons. The molecular formula is C21H26F3NO2. The topological polar surface area (TPSA) is 49.3 Å². The van der Waals surface area contributed by atoms with Crippen molar-refractivity contribution >= 4 is 5.91 Å². The van der Waals surface area contributed by atoms with Crippen molar-refractivity contribution in [2.75, 3.05) is 0 Å². The Labute approximate surface area is 157 Å². The van der Waals surface area contributed by atoms with E-state index in [0.717, 1.165) is 36.7 Å². The van der Waals surface area contributed by atoms with Gasteiger partial charge in [-0.2, -0.15) is 13.2 Å². The van der Waals surface area contributed by atoms with E-state index in [0.29, 0.717) is 11.8 Å². The minimum atomic E-state index is -4.51. The molecule has 27 heavy (non-hydrogen) atoms. The van der Waals surface area contributed by atoms with E-state index in [1.807, 2.05) is 0 Å². The fourth-order valence-corrected chi connectivity index (χ4v) is 6.51. The molecule has 0 spiro atoms. The van der Waals surface area contributed by atoms with Crippen molar-refractivity contribution in [2.24, 2.45) is 23.2 Å². The quantitative estimate of drug-likeness (QED) is 0.533. The Morgan fingerprint density at radius 2 is 1.70 bits per heavy atom. The number of rotatable bonds is 5. The molecule has 1 aromatic rings. The molecule has 0 radical (unpaired) electrons. The zero-order valence-corrected chi connectivity index (χ0v) is 15.3. The zero-order chi connectivity index (χ0) is 19.2. The van der Waals surface area contributed by atoms with E-state index in [1.54, 1.807) is 0 Å². The largest absolute Gasteiger partial charge is 0.416 e. The SMILES string of the molecule is O=C(NO)c1ccc(CCCC23CC4CC(CC(C4)C2)C3)c(C(F)(F)F)c1. The number of hydroxylamine groups is 1. The van der Waals surface area contributed by atoms with Crippen LogP contribution in [0.2, 0.25) is 0 Å². The second kappa shape index (κ2) is 6.80. The van der Waals surface area contributed by atoms with Gasteiger partial charge in [-0.1, -0.05) is 6.07 Å². The maximum atomic E-state index is 13.4. The van der Waals surface area contributed by atoms with Crippen LogP contribution in [0.3, 0.4) is 0 Å². The minimum absolute atomic E-state index is 0.186. The molecule has 1 aromatic carbocycles. The number of amides is 1. The molecule has 0 unspecified atom stereocenters. The van der Waals surface area contributed by atoms with E-state index in [4.69, 9.17) is 5.21 Å². The fourth-order valence-electron chi connectivity index (χ4n) is 6.51. The van der Waals surface area contributed by atoms with Crippen molar-refractivity contribution in [1.82, 2.24) is 5.48 Å². The van der Waals surface area contributed by atoms with Gasteiger partial charge in [0.25, 0.3) is 5.91 Å². The average molecular weight is 381 g/mol. The van der Waals surface area contributed by atoms with E-state index >= 15 is 0 Å². The van der Waals surface area contributed by atoms with Crippen LogP contribution >= 0.6 is 0 Å². The van der Waals surface area contributed by atoms with Gasteiger partial charge in [0.05, 0.1) is 5.56 Å². The van der Waals surface area contributed by atoms with Crippen molar-refractivity contribution in [1.29, 1.82) is 0 Å². The molecule has 3 nitrogen and oxygen atoms in total. The van der Waals surface area contributed by atoms with E-state index in [9.17, 15) is 18.0 Å². The molecule has 5 rings (SSSR count). The Morgan fingerprint density at radius 3 is 2.22 bits per heavy atom. The number of carbonyl (C=O) groups is 1. The molecule has 1 amide bonds. The summed E-state index contributed by atoms with van der Waals surface area (Å²) in [6.07, 6.45) is 5.51. The molecule has 6 heteroatoms. The number of aryl methyl sites for hydroxylation is 1. The lowest BCUT2D eigenvalue weighted by Gasteiger charge is -2.57. The number of hydrogen-bond donors (Lipinski definition) is 2. The highest BCUT2D eigenvalue weighted by atomic mass is 19.4. The summed E-state index contributed by atoms with van der Waals surface area (Å²) in [6.45, 7) is 0. The van der Waals surface area contributed by atoms with Crippen molar-refractivity contribution in [3.63, 3.8) is 0 Å². The molecule has 0 aliphatic heterocycles. The lowest BCUT2D eigenvalue weighted by molar-refractivity contribution is -0.138. The third-order valence-corrected chi connectivity index (χ3v) is 7.10. The first-order valence-corrected chi connectivity index (χ1v) is 9.92. The number of hydrogen-bond acceptors (Lipinski definition) is 2. The van der Waals surface area contributed by atoms with Crippen LogP contribution in [0.15, 0.2) is 18.2 Å². The molecule has 4 bridgehead atoms. The minimum Gasteiger partial charge on any atom is -0.288 e. The molecule has 0 aromatic heterocycles. The first-order chi connectivity index (χ1) is 12.8. The Bertz CT molecular complexity index is 693. The number of halogens is 3. The van der Waals surface area contributed by atoms with Gasteiger partial charge in [0.1, 0.15) is 0 Å². The van der Waals surface area contributed by atoms with Crippen LogP contribution in [0.4, 0.5) is 13.2 Å². The molecule has 0 atom stereocenters. The number of nitrogens with one attached hydrogen (secondary N) is 1. The van der Waals surface area contributed by atoms with Crippen LogP contribution in [0.25, 0.3) is 0 Å². The standard InChI is InChI=1S/C21H26F3NO2/c22-21(23,24)18-9-17(19(26)25-27)4-3-16(18)2-1-5-20-10-13-6-14(11-20)8-15(7-13)12-20/h3-4,9,13-15,27H,1-2,5-8,10-12H2,(H,25,26). The van der Waals surface area contributed by atoms with Crippen LogP contribution in [0.1, 0.15) is 72.9 Å². The van der Waals surface area contributed by atoms with Gasteiger partial charge in [-0.15, -0.1) is 0 Å². The third-order valence-electron chi connectivity index (χ3n) is 7.10. The summed E-state index contributed by atoms with van der Waals surface area (Å²) < 4.78 is 40.3. The second-order valence-corrected chi connectivity index (χ2v) is 9.08. The predicted octanol–water partition coefficient (Wildman–Crippen LogP) is 5.36. The number of carbonyl (C=O) groups excluding carboxylic acids is 1. The highest BCUT2D eigenvalue weighted by molar-refractivity contribution is 5.93. The van der Waals surface area contributed by atoms with Crippen molar-refractivity contribution < 1.29 is 23.2 Å². The molecule has 4 aliphatic carbocycles. The summed E-state index contributed by atoms with van der Waals surface area (Å²) in [5, 5.41) is 8.66. The van der Waals surface area contributed by atoms with Crippen LogP contribution in [-0.2, 0) is 12.6 Å². The first-order valence-electron chi connectivity index (χ1n) is 9.92. The maximum Gasteiger partial charge on any atom is 0.416 e. The van der Waals surface area contributed by atoms with Crippen molar-refractivity contribution in [3.05, 3.63) is 34.9 Å². The monoisotopic (exact) mass is 381 g/mol. The van der Waals surface area contributed by atoms with Gasteiger partial charge in [-0.3, -0.25) is 10.0 Å². The van der Waals surface area contributed by atoms with E-state index in [2.05, 4.69) is 0 Å². The predicted molar refractivity (Wildman–Crippen MR) is 94.2 cm³/mol. The maximum absolute atomic E-state index is 13.4. The van der Waals surface area contributed by atoms with Crippen LogP contribution in [0.5, 0.6) is 0 Å². The molecule has 0 saturated heterocycles. The summed E-state index contributed by atoms with van der Waals surface area (Å²) in [4.78, 5) is 11.4. The van der Waals surface area contributed by atoms with Gasteiger partial charge in [-0.25, -0.2) is 5.48 Å². The highest BCUT2D eigenvalue weighted by Gasteiger charge is 2.50. The molecular weight excluding hydrogens is 355 g/mol. The average Bonchev–Trinajstić information content (AvgIpc) is 2.59. The summed E-state index contributed by atoms with van der Waals surface area (Å²) in [7, 11) is 0. The van der Waals surface area contributed by atoms with Crippen LogP contribution in [-0.4, -0.2) is 11.1 Å². The normalized spacial score (nSPS) is 31.9. The Hall–Kier alpha value is -1.56. The summed E-state index contributed by atoms with van der Waals surface area (Å²) >= 11 is 0. The Balaban J connectivity index is 1.46. The van der Waals surface area contributed by atoms with Gasteiger partial charge in [-0.05, 0) is 98.7 Å². The Kier molecular flexibility index (Phi) is 4.73. The summed E-state index contributed by atoms with van der Waals surface area (Å²) in [6, 6.07) is 3.57. The number of benzene rings is 1. The fraction of sp³-hybridized carbons (Fsp3) is 0.667. The molecule has 0 heterocycles.